The van der Waals surface area contributed by atoms with E-state index >= 15 is 0 Å². The standard InChI is InChI=1S/C17H20BrNO/c18-15-8-13(19)1-2-14(15)17(20)16-11-4-9-3-10(6-11)7-12(16)5-9/h1-2,8-12,16H,3-7,19H2. The highest BCUT2D eigenvalue weighted by molar-refractivity contribution is 9.10. The fraction of sp³-hybridized carbons (Fsp3) is 0.588. The second-order valence-corrected chi connectivity index (χ2v) is 7.91. The Hall–Kier alpha value is -0.830. The van der Waals surface area contributed by atoms with Crippen LogP contribution in [0.15, 0.2) is 22.7 Å². The molecule has 4 aliphatic carbocycles. The van der Waals surface area contributed by atoms with Crippen LogP contribution in [0.3, 0.4) is 0 Å². The summed E-state index contributed by atoms with van der Waals surface area (Å²) in [6.45, 7) is 0. The number of Topliss-reactive ketones (excluding diaryl/α,β-unsaturated/α-hetero) is 1. The topological polar surface area (TPSA) is 43.1 Å². The van der Waals surface area contributed by atoms with Gasteiger partial charge >= 0.3 is 0 Å². The Bertz CT molecular complexity index is 540. The molecule has 106 valence electrons. The predicted molar refractivity (Wildman–Crippen MR) is 83.4 cm³/mol. The molecule has 4 fully saturated rings. The molecule has 2 nitrogen and oxygen atoms in total. The Labute approximate surface area is 128 Å². The first-order chi connectivity index (χ1) is 9.61. The van der Waals surface area contributed by atoms with Crippen LogP contribution in [-0.2, 0) is 0 Å². The number of nitrogen functional groups attached to an aromatic ring is 1. The predicted octanol–water partition coefficient (Wildman–Crippen LogP) is 4.29. The number of benzene rings is 1. The molecular weight excluding hydrogens is 314 g/mol. The van der Waals surface area contributed by atoms with Gasteiger partial charge in [0.2, 0.25) is 0 Å². The van der Waals surface area contributed by atoms with Gasteiger partial charge in [0.1, 0.15) is 0 Å². The van der Waals surface area contributed by atoms with E-state index in [-0.39, 0.29) is 5.92 Å². The third kappa shape index (κ3) is 1.93. The summed E-state index contributed by atoms with van der Waals surface area (Å²) in [5.74, 6) is 3.73. The Balaban J connectivity index is 1.65. The molecule has 20 heavy (non-hydrogen) atoms. The van der Waals surface area contributed by atoms with Crippen LogP contribution in [0, 0.1) is 29.6 Å². The van der Waals surface area contributed by atoms with Crippen molar-refractivity contribution < 1.29 is 4.79 Å². The summed E-state index contributed by atoms with van der Waals surface area (Å²) in [4.78, 5) is 13.0. The largest absolute Gasteiger partial charge is 0.399 e. The fourth-order valence-electron chi connectivity index (χ4n) is 5.26. The molecule has 5 rings (SSSR count). The van der Waals surface area contributed by atoms with E-state index in [1.807, 2.05) is 18.2 Å². The van der Waals surface area contributed by atoms with Crippen molar-refractivity contribution in [2.75, 3.05) is 5.73 Å². The molecule has 0 heterocycles. The SMILES string of the molecule is Nc1ccc(C(=O)C2C3CC4CC(C3)CC2C4)c(Br)c1. The number of carbonyl (C=O) groups excluding carboxylic acids is 1. The van der Waals surface area contributed by atoms with E-state index in [1.54, 1.807) is 0 Å². The molecule has 0 aromatic heterocycles. The molecule has 0 aliphatic heterocycles. The van der Waals surface area contributed by atoms with Gasteiger partial charge in [-0.1, -0.05) is 0 Å². The fourth-order valence-corrected chi connectivity index (χ4v) is 5.86. The van der Waals surface area contributed by atoms with Crippen LogP contribution in [0.2, 0.25) is 0 Å². The zero-order chi connectivity index (χ0) is 13.9. The van der Waals surface area contributed by atoms with Gasteiger partial charge in [-0.15, -0.1) is 0 Å². The zero-order valence-electron chi connectivity index (χ0n) is 11.5. The third-order valence-electron chi connectivity index (χ3n) is 5.79. The summed E-state index contributed by atoms with van der Waals surface area (Å²) in [6.07, 6.45) is 6.58. The summed E-state index contributed by atoms with van der Waals surface area (Å²) in [7, 11) is 0. The first-order valence-electron chi connectivity index (χ1n) is 7.71. The number of carbonyl (C=O) groups is 1. The first kappa shape index (κ1) is 12.9. The number of hydrogen-bond donors (Lipinski definition) is 1. The normalized spacial score (nSPS) is 38.1. The zero-order valence-corrected chi connectivity index (χ0v) is 13.1. The van der Waals surface area contributed by atoms with E-state index < -0.39 is 0 Å². The lowest BCUT2D eigenvalue weighted by Gasteiger charge is -2.53. The van der Waals surface area contributed by atoms with Crippen molar-refractivity contribution in [2.45, 2.75) is 32.1 Å². The van der Waals surface area contributed by atoms with Crippen LogP contribution in [0.25, 0.3) is 0 Å². The monoisotopic (exact) mass is 333 g/mol. The van der Waals surface area contributed by atoms with E-state index in [1.165, 1.54) is 32.1 Å². The molecule has 0 spiro atoms. The smallest absolute Gasteiger partial charge is 0.167 e. The molecule has 0 unspecified atom stereocenters. The maximum absolute atomic E-state index is 13.0. The van der Waals surface area contributed by atoms with Crippen LogP contribution >= 0.6 is 15.9 Å². The second-order valence-electron chi connectivity index (χ2n) is 7.06. The van der Waals surface area contributed by atoms with Gasteiger partial charge < -0.3 is 5.73 Å². The first-order valence-corrected chi connectivity index (χ1v) is 8.50. The maximum atomic E-state index is 13.0. The maximum Gasteiger partial charge on any atom is 0.167 e. The summed E-state index contributed by atoms with van der Waals surface area (Å²) in [5.41, 5.74) is 7.32. The van der Waals surface area contributed by atoms with Gasteiger partial charge in [-0.3, -0.25) is 4.79 Å². The van der Waals surface area contributed by atoms with Gasteiger partial charge in [0, 0.05) is 21.6 Å². The third-order valence-corrected chi connectivity index (χ3v) is 6.44. The quantitative estimate of drug-likeness (QED) is 0.648. The van der Waals surface area contributed by atoms with Crippen molar-refractivity contribution in [3.05, 3.63) is 28.2 Å². The van der Waals surface area contributed by atoms with Gasteiger partial charge in [-0.05, 0) is 89.9 Å². The van der Waals surface area contributed by atoms with Gasteiger partial charge in [0.25, 0.3) is 0 Å². The molecular formula is C17H20BrNO. The lowest BCUT2D eigenvalue weighted by atomic mass is 9.51. The highest BCUT2D eigenvalue weighted by atomic mass is 79.9. The molecule has 4 bridgehead atoms. The van der Waals surface area contributed by atoms with Gasteiger partial charge in [0.15, 0.2) is 5.78 Å². The lowest BCUT2D eigenvalue weighted by Crippen LogP contribution is -2.48. The number of halogens is 1. The average molecular weight is 334 g/mol. The molecule has 4 saturated carbocycles. The molecule has 0 atom stereocenters. The Kier molecular flexibility index (Phi) is 2.95. The van der Waals surface area contributed by atoms with Crippen molar-refractivity contribution in [3.8, 4) is 0 Å². The Morgan fingerprint density at radius 1 is 1.05 bits per heavy atom. The minimum absolute atomic E-state index is 0.266. The van der Waals surface area contributed by atoms with Gasteiger partial charge in [-0.2, -0.15) is 0 Å². The number of anilines is 1. The number of rotatable bonds is 2. The number of hydrogen-bond acceptors (Lipinski definition) is 2. The molecule has 0 saturated heterocycles. The number of nitrogens with two attached hydrogens (primary N) is 1. The summed E-state index contributed by atoms with van der Waals surface area (Å²) < 4.78 is 0.858. The van der Waals surface area contributed by atoms with Crippen LogP contribution in [0.1, 0.15) is 42.5 Å². The molecule has 4 aliphatic rings. The van der Waals surface area contributed by atoms with Gasteiger partial charge in [-0.25, -0.2) is 0 Å². The van der Waals surface area contributed by atoms with Crippen molar-refractivity contribution in [3.63, 3.8) is 0 Å². The Morgan fingerprint density at radius 2 is 1.65 bits per heavy atom. The van der Waals surface area contributed by atoms with Crippen LogP contribution < -0.4 is 5.73 Å². The summed E-state index contributed by atoms with van der Waals surface area (Å²) in [6, 6.07) is 5.59. The molecule has 2 N–H and O–H groups in total. The van der Waals surface area contributed by atoms with Crippen molar-refractivity contribution in [2.24, 2.45) is 29.6 Å². The minimum atomic E-state index is 0.266. The van der Waals surface area contributed by atoms with E-state index in [4.69, 9.17) is 5.73 Å². The summed E-state index contributed by atoms with van der Waals surface area (Å²) >= 11 is 3.51. The van der Waals surface area contributed by atoms with Crippen molar-refractivity contribution >= 4 is 27.4 Å². The van der Waals surface area contributed by atoms with Crippen molar-refractivity contribution in [1.82, 2.24) is 0 Å². The Morgan fingerprint density at radius 3 is 2.20 bits per heavy atom. The van der Waals surface area contributed by atoms with Crippen molar-refractivity contribution in [1.29, 1.82) is 0 Å². The highest BCUT2D eigenvalue weighted by Gasteiger charge is 2.50. The minimum Gasteiger partial charge on any atom is -0.399 e. The molecule has 1 aromatic carbocycles. The van der Waals surface area contributed by atoms with Gasteiger partial charge in [0.05, 0.1) is 0 Å². The molecule has 3 heteroatoms. The molecule has 0 radical (unpaired) electrons. The van der Waals surface area contributed by atoms with Crippen LogP contribution in [0.4, 0.5) is 5.69 Å². The molecule has 0 amide bonds. The van der Waals surface area contributed by atoms with E-state index in [0.29, 0.717) is 23.3 Å². The van der Waals surface area contributed by atoms with Crippen LogP contribution in [0.5, 0.6) is 0 Å². The summed E-state index contributed by atoms with van der Waals surface area (Å²) in [5, 5.41) is 0. The highest BCUT2D eigenvalue weighted by Crippen LogP contribution is 2.57. The molecule has 1 aromatic rings. The van der Waals surface area contributed by atoms with E-state index in [2.05, 4.69) is 15.9 Å². The lowest BCUT2D eigenvalue weighted by molar-refractivity contribution is -0.0251. The van der Waals surface area contributed by atoms with Crippen LogP contribution in [-0.4, -0.2) is 5.78 Å². The second kappa shape index (κ2) is 4.59. The average Bonchev–Trinajstić information content (AvgIpc) is 2.37. The number of ketones is 1. The van der Waals surface area contributed by atoms with E-state index in [9.17, 15) is 4.79 Å². The van der Waals surface area contributed by atoms with E-state index in [0.717, 1.165) is 21.9 Å².